The van der Waals surface area contributed by atoms with Crippen LogP contribution in [0.4, 0.5) is 0 Å². The SMILES string of the molecule is C=C(CN)CSCCSC. The van der Waals surface area contributed by atoms with E-state index in [4.69, 9.17) is 5.73 Å². The van der Waals surface area contributed by atoms with Crippen molar-refractivity contribution >= 4 is 23.5 Å². The summed E-state index contributed by atoms with van der Waals surface area (Å²) < 4.78 is 0. The zero-order valence-corrected chi connectivity index (χ0v) is 8.06. The molecule has 3 heteroatoms. The van der Waals surface area contributed by atoms with Crippen molar-refractivity contribution in [3.8, 4) is 0 Å². The molecular formula is C7H15NS2. The van der Waals surface area contributed by atoms with Gasteiger partial charge in [-0.3, -0.25) is 0 Å². The number of thioether (sulfide) groups is 2. The van der Waals surface area contributed by atoms with Crippen molar-refractivity contribution < 1.29 is 0 Å². The first-order valence-corrected chi connectivity index (χ1v) is 5.79. The molecule has 0 fully saturated rings. The fourth-order valence-corrected chi connectivity index (χ4v) is 2.11. The minimum Gasteiger partial charge on any atom is -0.327 e. The van der Waals surface area contributed by atoms with Gasteiger partial charge in [0.1, 0.15) is 0 Å². The second kappa shape index (κ2) is 7.51. The standard InChI is InChI=1S/C7H15NS2/c1-7(5-8)6-10-4-3-9-2/h1,3-6,8H2,2H3. The second-order valence-corrected chi connectivity index (χ2v) is 4.09. The largest absolute Gasteiger partial charge is 0.327 e. The molecule has 0 aromatic rings. The molecule has 0 aromatic heterocycles. The summed E-state index contributed by atoms with van der Waals surface area (Å²) in [6.07, 6.45) is 2.12. The highest BCUT2D eigenvalue weighted by atomic mass is 32.2. The molecule has 0 aromatic carbocycles. The molecule has 0 heterocycles. The maximum absolute atomic E-state index is 5.37. The summed E-state index contributed by atoms with van der Waals surface area (Å²) >= 11 is 3.79. The monoisotopic (exact) mass is 177 g/mol. The first kappa shape index (κ1) is 10.4. The quantitative estimate of drug-likeness (QED) is 0.493. The smallest absolute Gasteiger partial charge is 0.0153 e. The van der Waals surface area contributed by atoms with E-state index in [2.05, 4.69) is 12.8 Å². The Morgan fingerprint density at radius 1 is 1.50 bits per heavy atom. The molecule has 0 aliphatic carbocycles. The number of hydrogen-bond acceptors (Lipinski definition) is 3. The predicted octanol–water partition coefficient (Wildman–Crippen LogP) is 1.60. The highest BCUT2D eigenvalue weighted by molar-refractivity contribution is 8.02. The lowest BCUT2D eigenvalue weighted by Crippen LogP contribution is -2.04. The minimum atomic E-state index is 0.631. The molecule has 60 valence electrons. The Bertz CT molecular complexity index is 93.6. The summed E-state index contributed by atoms with van der Waals surface area (Å²) in [5.41, 5.74) is 6.51. The summed E-state index contributed by atoms with van der Waals surface area (Å²) in [6, 6.07) is 0. The van der Waals surface area contributed by atoms with E-state index in [9.17, 15) is 0 Å². The van der Waals surface area contributed by atoms with Crippen LogP contribution in [0.3, 0.4) is 0 Å². The molecule has 0 amide bonds. The van der Waals surface area contributed by atoms with Crippen molar-refractivity contribution in [1.82, 2.24) is 0 Å². The zero-order valence-electron chi connectivity index (χ0n) is 6.43. The van der Waals surface area contributed by atoms with Gasteiger partial charge < -0.3 is 5.73 Å². The lowest BCUT2D eigenvalue weighted by Gasteiger charge is -2.00. The Kier molecular flexibility index (Phi) is 7.81. The van der Waals surface area contributed by atoms with Crippen LogP contribution in [-0.2, 0) is 0 Å². The summed E-state index contributed by atoms with van der Waals surface area (Å²) in [4.78, 5) is 0. The van der Waals surface area contributed by atoms with Gasteiger partial charge in [-0.25, -0.2) is 0 Å². The molecule has 0 saturated heterocycles. The number of rotatable bonds is 6. The van der Waals surface area contributed by atoms with Gasteiger partial charge in [0.05, 0.1) is 0 Å². The van der Waals surface area contributed by atoms with Gasteiger partial charge in [-0.2, -0.15) is 23.5 Å². The molecule has 0 radical (unpaired) electrons. The molecule has 0 aliphatic heterocycles. The highest BCUT2D eigenvalue weighted by Crippen LogP contribution is 2.07. The van der Waals surface area contributed by atoms with Crippen LogP contribution in [0.1, 0.15) is 0 Å². The molecule has 10 heavy (non-hydrogen) atoms. The summed E-state index contributed by atoms with van der Waals surface area (Å²) in [7, 11) is 0. The van der Waals surface area contributed by atoms with Gasteiger partial charge in [0.15, 0.2) is 0 Å². The van der Waals surface area contributed by atoms with Crippen molar-refractivity contribution in [1.29, 1.82) is 0 Å². The molecule has 0 spiro atoms. The average Bonchev–Trinajstić information content (AvgIpc) is 1.98. The molecule has 0 rings (SSSR count). The van der Waals surface area contributed by atoms with E-state index >= 15 is 0 Å². The molecule has 0 unspecified atom stereocenters. The lowest BCUT2D eigenvalue weighted by atomic mass is 10.4. The maximum Gasteiger partial charge on any atom is 0.0153 e. The van der Waals surface area contributed by atoms with E-state index in [1.165, 1.54) is 11.5 Å². The highest BCUT2D eigenvalue weighted by Gasteiger charge is 1.90. The van der Waals surface area contributed by atoms with Gasteiger partial charge in [-0.1, -0.05) is 12.2 Å². The van der Waals surface area contributed by atoms with Gasteiger partial charge in [0, 0.05) is 23.8 Å². The Balaban J connectivity index is 2.96. The zero-order chi connectivity index (χ0) is 7.82. The third-order valence-electron chi connectivity index (χ3n) is 1.03. The Hall–Kier alpha value is 0.400. The van der Waals surface area contributed by atoms with Crippen molar-refractivity contribution in [3.05, 3.63) is 12.2 Å². The first-order chi connectivity index (χ1) is 4.81. The van der Waals surface area contributed by atoms with E-state index in [0.29, 0.717) is 6.54 Å². The van der Waals surface area contributed by atoms with Crippen molar-refractivity contribution in [3.63, 3.8) is 0 Å². The topological polar surface area (TPSA) is 26.0 Å². The van der Waals surface area contributed by atoms with Crippen molar-refractivity contribution in [2.45, 2.75) is 0 Å². The Morgan fingerprint density at radius 3 is 2.70 bits per heavy atom. The van der Waals surface area contributed by atoms with Crippen LogP contribution in [0.2, 0.25) is 0 Å². The first-order valence-electron chi connectivity index (χ1n) is 3.24. The van der Waals surface area contributed by atoms with Crippen LogP contribution in [0, 0.1) is 0 Å². The summed E-state index contributed by atoms with van der Waals surface area (Å²) in [6.45, 7) is 4.45. The molecule has 0 saturated carbocycles. The molecule has 0 atom stereocenters. The van der Waals surface area contributed by atoms with Crippen molar-refractivity contribution in [2.75, 3.05) is 30.1 Å². The Morgan fingerprint density at radius 2 is 2.20 bits per heavy atom. The van der Waals surface area contributed by atoms with Crippen LogP contribution in [0.5, 0.6) is 0 Å². The third kappa shape index (κ3) is 6.52. The molecule has 0 bridgehead atoms. The number of nitrogens with two attached hydrogens (primary N) is 1. The summed E-state index contributed by atoms with van der Waals surface area (Å²) in [5, 5.41) is 0. The van der Waals surface area contributed by atoms with E-state index in [-0.39, 0.29) is 0 Å². The maximum atomic E-state index is 5.37. The molecular weight excluding hydrogens is 162 g/mol. The second-order valence-electron chi connectivity index (χ2n) is 2.00. The number of hydrogen-bond donors (Lipinski definition) is 1. The lowest BCUT2D eigenvalue weighted by molar-refractivity contribution is 1.16. The van der Waals surface area contributed by atoms with E-state index in [0.717, 1.165) is 11.3 Å². The Labute approximate surface area is 71.8 Å². The fraction of sp³-hybridized carbons (Fsp3) is 0.714. The van der Waals surface area contributed by atoms with Crippen LogP contribution in [0.15, 0.2) is 12.2 Å². The van der Waals surface area contributed by atoms with Gasteiger partial charge in [-0.05, 0) is 6.26 Å². The van der Waals surface area contributed by atoms with Gasteiger partial charge >= 0.3 is 0 Å². The molecule has 0 aliphatic rings. The van der Waals surface area contributed by atoms with E-state index in [1.807, 2.05) is 23.5 Å². The van der Waals surface area contributed by atoms with Crippen LogP contribution in [-0.4, -0.2) is 30.1 Å². The van der Waals surface area contributed by atoms with Gasteiger partial charge in [-0.15, -0.1) is 0 Å². The molecule has 2 N–H and O–H groups in total. The van der Waals surface area contributed by atoms with E-state index in [1.54, 1.807) is 0 Å². The van der Waals surface area contributed by atoms with Crippen LogP contribution >= 0.6 is 23.5 Å². The normalized spacial score (nSPS) is 9.80. The molecule has 1 nitrogen and oxygen atoms in total. The van der Waals surface area contributed by atoms with Crippen LogP contribution in [0.25, 0.3) is 0 Å². The van der Waals surface area contributed by atoms with Gasteiger partial charge in [0.25, 0.3) is 0 Å². The summed E-state index contributed by atoms with van der Waals surface area (Å²) in [5.74, 6) is 3.46. The van der Waals surface area contributed by atoms with Crippen molar-refractivity contribution in [2.24, 2.45) is 5.73 Å². The third-order valence-corrected chi connectivity index (χ3v) is 3.00. The minimum absolute atomic E-state index is 0.631. The average molecular weight is 177 g/mol. The van der Waals surface area contributed by atoms with Gasteiger partial charge in [0.2, 0.25) is 0 Å². The van der Waals surface area contributed by atoms with Crippen LogP contribution < -0.4 is 5.73 Å². The fourth-order valence-electron chi connectivity index (χ4n) is 0.418. The predicted molar refractivity (Wildman–Crippen MR) is 53.9 cm³/mol. The van der Waals surface area contributed by atoms with E-state index < -0.39 is 0 Å².